The Hall–Kier alpha value is -3.98. The zero-order valence-corrected chi connectivity index (χ0v) is 19.8. The summed E-state index contributed by atoms with van der Waals surface area (Å²) in [7, 11) is 0. The number of aryl methyl sites for hydroxylation is 1. The molecule has 0 radical (unpaired) electrons. The predicted molar refractivity (Wildman–Crippen MR) is 118 cm³/mol. The number of nitrogens with zero attached hydrogens (tertiary/aromatic N) is 5. The fraction of sp³-hybridized carbons (Fsp3) is 0.455. The van der Waals surface area contributed by atoms with Crippen molar-refractivity contribution in [1.29, 1.82) is 0 Å². The summed E-state index contributed by atoms with van der Waals surface area (Å²) in [4.78, 5) is 47.7. The Labute approximate surface area is 211 Å². The number of carboxylic acid groups (broad SMARTS) is 2. The SMILES string of the molecule is Cc1cnc(N2CC[C@H]3[C@@H]2CCC(=O)N3Cc2cccnc2)nc1.O=C(O)C(F)(F)F.O=C(O)C(F)(F)F. The molecule has 4 heterocycles. The predicted octanol–water partition coefficient (Wildman–Crippen LogP) is 3.22. The van der Waals surface area contributed by atoms with Crippen molar-refractivity contribution in [3.05, 3.63) is 48.0 Å². The maximum absolute atomic E-state index is 12.5. The van der Waals surface area contributed by atoms with Crippen LogP contribution in [0.25, 0.3) is 0 Å². The van der Waals surface area contributed by atoms with Gasteiger partial charge in [-0.2, -0.15) is 26.3 Å². The minimum absolute atomic E-state index is 0.233. The van der Waals surface area contributed by atoms with Gasteiger partial charge in [0.2, 0.25) is 11.9 Å². The van der Waals surface area contributed by atoms with E-state index in [1.54, 1.807) is 6.20 Å². The maximum atomic E-state index is 12.5. The highest BCUT2D eigenvalue weighted by Crippen LogP contribution is 2.34. The first-order valence-electron chi connectivity index (χ1n) is 10.9. The van der Waals surface area contributed by atoms with E-state index in [-0.39, 0.29) is 11.9 Å². The van der Waals surface area contributed by atoms with Gasteiger partial charge in [0.1, 0.15) is 0 Å². The van der Waals surface area contributed by atoms with E-state index in [1.807, 2.05) is 42.5 Å². The smallest absolute Gasteiger partial charge is 0.475 e. The molecule has 1 amide bonds. The first-order valence-corrected chi connectivity index (χ1v) is 10.9. The van der Waals surface area contributed by atoms with E-state index < -0.39 is 24.3 Å². The molecule has 0 saturated carbocycles. The van der Waals surface area contributed by atoms with E-state index in [1.165, 1.54) is 0 Å². The average molecular weight is 551 g/mol. The van der Waals surface area contributed by atoms with Crippen molar-refractivity contribution in [2.45, 2.75) is 57.2 Å². The summed E-state index contributed by atoms with van der Waals surface area (Å²) in [5.74, 6) is -4.49. The van der Waals surface area contributed by atoms with Crippen LogP contribution >= 0.6 is 0 Å². The molecule has 2 aliphatic heterocycles. The zero-order chi connectivity index (χ0) is 28.7. The lowest BCUT2D eigenvalue weighted by Gasteiger charge is -2.39. The summed E-state index contributed by atoms with van der Waals surface area (Å²) in [6.07, 6.45) is -0.418. The Morgan fingerprint density at radius 3 is 2.00 bits per heavy atom. The number of rotatable bonds is 3. The van der Waals surface area contributed by atoms with Crippen LogP contribution in [0.1, 0.15) is 30.4 Å². The van der Waals surface area contributed by atoms with E-state index in [0.717, 1.165) is 36.5 Å². The molecule has 2 aromatic heterocycles. The van der Waals surface area contributed by atoms with Gasteiger partial charge >= 0.3 is 24.3 Å². The number of halogens is 6. The number of piperidine rings is 1. The second-order valence-electron chi connectivity index (χ2n) is 8.20. The number of pyridine rings is 1. The number of aromatic nitrogens is 3. The van der Waals surface area contributed by atoms with Crippen LogP contribution in [0.2, 0.25) is 0 Å². The molecule has 38 heavy (non-hydrogen) atoms. The summed E-state index contributed by atoms with van der Waals surface area (Å²) < 4.78 is 63.5. The minimum atomic E-state index is -5.08. The molecule has 0 aliphatic carbocycles. The molecule has 0 aromatic carbocycles. The number of hydrogen-bond acceptors (Lipinski definition) is 7. The van der Waals surface area contributed by atoms with Gasteiger partial charge in [-0.15, -0.1) is 0 Å². The van der Waals surface area contributed by atoms with Gasteiger partial charge in [0.25, 0.3) is 0 Å². The average Bonchev–Trinajstić information content (AvgIpc) is 3.26. The van der Waals surface area contributed by atoms with Gasteiger partial charge in [-0.25, -0.2) is 19.6 Å². The second kappa shape index (κ2) is 12.5. The highest BCUT2D eigenvalue weighted by atomic mass is 19.4. The van der Waals surface area contributed by atoms with Crippen molar-refractivity contribution >= 4 is 23.8 Å². The van der Waals surface area contributed by atoms with Crippen LogP contribution in [-0.2, 0) is 20.9 Å². The molecule has 2 fully saturated rings. The Kier molecular flexibility index (Phi) is 9.96. The molecule has 2 aromatic rings. The third-order valence-electron chi connectivity index (χ3n) is 5.47. The quantitative estimate of drug-likeness (QED) is 0.551. The zero-order valence-electron chi connectivity index (χ0n) is 19.8. The molecule has 4 rings (SSSR count). The molecule has 208 valence electrons. The monoisotopic (exact) mass is 551 g/mol. The largest absolute Gasteiger partial charge is 0.490 e. The van der Waals surface area contributed by atoms with E-state index in [4.69, 9.17) is 19.8 Å². The lowest BCUT2D eigenvalue weighted by Crippen LogP contribution is -2.52. The number of carboxylic acids is 2. The molecule has 0 spiro atoms. The number of carbonyl (C=O) groups is 3. The topological polar surface area (TPSA) is 137 Å². The van der Waals surface area contributed by atoms with Gasteiger partial charge in [0.15, 0.2) is 0 Å². The Bertz CT molecular complexity index is 1070. The second-order valence-corrected chi connectivity index (χ2v) is 8.20. The van der Waals surface area contributed by atoms with Crippen LogP contribution in [0.5, 0.6) is 0 Å². The van der Waals surface area contributed by atoms with Crippen molar-refractivity contribution in [3.63, 3.8) is 0 Å². The summed E-state index contributed by atoms with van der Waals surface area (Å²) in [5.41, 5.74) is 2.14. The number of hydrogen-bond donors (Lipinski definition) is 2. The Morgan fingerprint density at radius 1 is 0.974 bits per heavy atom. The van der Waals surface area contributed by atoms with Crippen molar-refractivity contribution in [3.8, 4) is 0 Å². The summed E-state index contributed by atoms with van der Waals surface area (Å²) in [6, 6.07) is 4.49. The molecular formula is C22H23F6N5O5. The van der Waals surface area contributed by atoms with Crippen molar-refractivity contribution in [1.82, 2.24) is 19.9 Å². The number of fused-ring (bicyclic) bond motifs is 1. The molecule has 0 unspecified atom stereocenters. The lowest BCUT2D eigenvalue weighted by molar-refractivity contribution is -0.193. The summed E-state index contributed by atoms with van der Waals surface area (Å²) in [5, 5.41) is 14.2. The number of likely N-dealkylation sites (tertiary alicyclic amines) is 1. The van der Waals surface area contributed by atoms with Crippen LogP contribution < -0.4 is 4.90 Å². The van der Waals surface area contributed by atoms with E-state index in [0.29, 0.717) is 19.0 Å². The number of carbonyl (C=O) groups excluding carboxylic acids is 1. The number of alkyl halides is 6. The van der Waals surface area contributed by atoms with E-state index in [2.05, 4.69) is 19.9 Å². The van der Waals surface area contributed by atoms with Crippen LogP contribution in [0.15, 0.2) is 36.9 Å². The maximum Gasteiger partial charge on any atom is 0.490 e. The Morgan fingerprint density at radius 2 is 1.53 bits per heavy atom. The number of aliphatic carboxylic acids is 2. The van der Waals surface area contributed by atoms with Gasteiger partial charge in [-0.3, -0.25) is 9.78 Å². The van der Waals surface area contributed by atoms with Crippen LogP contribution in [0, 0.1) is 6.92 Å². The molecule has 2 N–H and O–H groups in total. The summed E-state index contributed by atoms with van der Waals surface area (Å²) in [6.45, 7) is 3.52. The lowest BCUT2D eigenvalue weighted by atomic mass is 9.96. The highest BCUT2D eigenvalue weighted by Gasteiger charge is 2.44. The molecule has 2 atom stereocenters. The standard InChI is InChI=1S/C18H21N5O.2C2HF3O2/c1-13-9-20-18(21-10-13)22-8-6-16-15(22)4-5-17(24)23(16)12-14-3-2-7-19-11-14;2*3-2(4,5)1(6)7/h2-3,7,9-11,15-16H,4-6,8,12H2,1H3;2*(H,6,7)/t15-,16-;;/m0../s1. The van der Waals surface area contributed by atoms with Crippen LogP contribution in [0.4, 0.5) is 32.3 Å². The molecule has 10 nitrogen and oxygen atoms in total. The van der Waals surface area contributed by atoms with Crippen LogP contribution in [-0.4, -0.2) is 78.9 Å². The van der Waals surface area contributed by atoms with Crippen molar-refractivity contribution in [2.75, 3.05) is 11.4 Å². The third kappa shape index (κ3) is 8.55. The van der Waals surface area contributed by atoms with Gasteiger partial charge in [-0.1, -0.05) is 6.07 Å². The fourth-order valence-electron chi connectivity index (χ4n) is 3.83. The summed E-state index contributed by atoms with van der Waals surface area (Å²) >= 11 is 0. The molecular weight excluding hydrogens is 528 g/mol. The molecule has 2 aliphatic rings. The fourth-order valence-corrected chi connectivity index (χ4v) is 3.83. The van der Waals surface area contributed by atoms with E-state index >= 15 is 0 Å². The normalized spacial score (nSPS) is 19.0. The molecule has 2 saturated heterocycles. The molecule has 0 bridgehead atoms. The van der Waals surface area contributed by atoms with Crippen molar-refractivity contribution < 1.29 is 50.9 Å². The van der Waals surface area contributed by atoms with Crippen molar-refractivity contribution in [2.24, 2.45) is 0 Å². The first kappa shape index (κ1) is 30.2. The van der Waals surface area contributed by atoms with E-state index in [9.17, 15) is 31.1 Å². The third-order valence-corrected chi connectivity index (χ3v) is 5.47. The Balaban J connectivity index is 0.000000301. The van der Waals surface area contributed by atoms with Gasteiger partial charge in [0, 0.05) is 44.3 Å². The highest BCUT2D eigenvalue weighted by molar-refractivity contribution is 5.78. The van der Waals surface area contributed by atoms with Crippen LogP contribution in [0.3, 0.4) is 0 Å². The van der Waals surface area contributed by atoms with Gasteiger partial charge in [0.05, 0.1) is 12.1 Å². The van der Waals surface area contributed by atoms with Gasteiger partial charge in [-0.05, 0) is 37.0 Å². The number of amides is 1. The van der Waals surface area contributed by atoms with Gasteiger partial charge < -0.3 is 20.0 Å². The number of anilines is 1. The minimum Gasteiger partial charge on any atom is -0.475 e. The molecule has 16 heteroatoms. The first-order chi connectivity index (χ1) is 17.6.